The van der Waals surface area contributed by atoms with E-state index in [9.17, 15) is 9.59 Å². The maximum Gasteiger partial charge on any atom is 0.262 e. The van der Waals surface area contributed by atoms with E-state index in [2.05, 4.69) is 22.6 Å². The van der Waals surface area contributed by atoms with Gasteiger partial charge in [-0.1, -0.05) is 48.5 Å². The molecule has 2 aromatic rings. The number of carbonyl (C=O) groups excluding carboxylic acids is 2. The normalized spacial score (nSPS) is 24.7. The van der Waals surface area contributed by atoms with Crippen molar-refractivity contribution >= 4 is 43.7 Å². The van der Waals surface area contributed by atoms with Crippen molar-refractivity contribution in [1.82, 2.24) is 4.90 Å². The zero-order valence-electron chi connectivity index (χ0n) is 13.4. The molecule has 2 atom stereocenters. The van der Waals surface area contributed by atoms with Crippen molar-refractivity contribution in [3.8, 4) is 0 Å². The fourth-order valence-corrected chi connectivity index (χ4v) is 4.08. The maximum absolute atomic E-state index is 12.7. The number of para-hydroxylation sites is 1. The number of nitrogens with zero attached hydrogens (tertiary/aromatic N) is 2. The second-order valence-electron chi connectivity index (χ2n) is 5.93. The molecule has 2 heterocycles. The first-order valence-electron chi connectivity index (χ1n) is 7.88. The minimum atomic E-state index is -0.804. The van der Waals surface area contributed by atoms with Crippen molar-refractivity contribution in [3.63, 3.8) is 0 Å². The van der Waals surface area contributed by atoms with Crippen LogP contribution in [0.2, 0.25) is 0 Å². The van der Waals surface area contributed by atoms with E-state index in [-0.39, 0.29) is 11.8 Å². The predicted octanol–water partition coefficient (Wildman–Crippen LogP) is 3.23. The zero-order chi connectivity index (χ0) is 17.6. The third-order valence-electron chi connectivity index (χ3n) is 4.45. The van der Waals surface area contributed by atoms with Gasteiger partial charge in [0, 0.05) is 10.6 Å². The Labute approximate surface area is 159 Å². The van der Waals surface area contributed by atoms with E-state index in [1.54, 1.807) is 5.06 Å². The summed E-state index contributed by atoms with van der Waals surface area (Å²) in [7, 11) is 1.51. The van der Waals surface area contributed by atoms with Crippen molar-refractivity contribution in [2.75, 3.05) is 12.1 Å². The van der Waals surface area contributed by atoms with E-state index >= 15 is 0 Å². The molecule has 0 aliphatic carbocycles. The summed E-state index contributed by atoms with van der Waals surface area (Å²) in [6, 6.07) is 19.3. The highest BCUT2D eigenvalue weighted by Gasteiger charge is 2.57. The lowest BCUT2D eigenvalue weighted by Gasteiger charge is -2.23. The molecule has 2 aliphatic heterocycles. The summed E-state index contributed by atoms with van der Waals surface area (Å²) in [5.74, 6) is -1.15. The van der Waals surface area contributed by atoms with Gasteiger partial charge >= 0.3 is 0 Å². The van der Waals surface area contributed by atoms with Gasteiger partial charge in [0.2, 0.25) is 5.91 Å². The number of imide groups is 1. The molecule has 0 saturated carbocycles. The number of benzene rings is 2. The first kappa shape index (κ1) is 16.3. The molecular formula is C19H15IN2O3. The summed E-state index contributed by atoms with van der Waals surface area (Å²) >= 11 is 2.23. The number of rotatable bonds is 2. The number of likely N-dealkylation sites (N-methyl/N-ethyl adjacent to an activating group) is 1. The molecule has 2 amide bonds. The Bertz CT molecular complexity index is 867. The highest BCUT2D eigenvalue weighted by molar-refractivity contribution is 14.1. The molecule has 126 valence electrons. The third kappa shape index (κ3) is 2.56. The highest BCUT2D eigenvalue weighted by atomic mass is 127. The van der Waals surface area contributed by atoms with Gasteiger partial charge in [0.1, 0.15) is 5.92 Å². The molecule has 0 aromatic heterocycles. The summed E-state index contributed by atoms with van der Waals surface area (Å²) < 4.78 is 0.894. The largest absolute Gasteiger partial charge is 0.283 e. The predicted molar refractivity (Wildman–Crippen MR) is 102 cm³/mol. The number of likely N-dealkylation sites (tertiary alicyclic amines) is 1. The number of hydroxylamine groups is 1. The highest BCUT2D eigenvalue weighted by Crippen LogP contribution is 2.45. The third-order valence-corrected chi connectivity index (χ3v) is 5.62. The molecular weight excluding hydrogens is 431 g/mol. The lowest BCUT2D eigenvalue weighted by atomic mass is 9.99. The van der Waals surface area contributed by atoms with Gasteiger partial charge in [-0.25, -0.2) is 5.06 Å². The molecule has 4 rings (SSSR count). The van der Waals surface area contributed by atoms with Crippen LogP contribution in [-0.4, -0.2) is 29.9 Å². The van der Waals surface area contributed by atoms with Crippen LogP contribution in [0.1, 0.15) is 5.56 Å². The van der Waals surface area contributed by atoms with Crippen LogP contribution in [0.4, 0.5) is 5.69 Å². The first-order chi connectivity index (χ1) is 12.1. The Kier molecular flexibility index (Phi) is 4.09. The number of hydrogen-bond donors (Lipinski definition) is 0. The molecule has 0 unspecified atom stereocenters. The quantitative estimate of drug-likeness (QED) is 0.525. The van der Waals surface area contributed by atoms with Crippen LogP contribution in [0, 0.1) is 5.92 Å². The molecule has 0 spiro atoms. The molecule has 2 aliphatic rings. The van der Waals surface area contributed by atoms with E-state index in [4.69, 9.17) is 4.84 Å². The molecule has 6 heteroatoms. The van der Waals surface area contributed by atoms with Crippen molar-refractivity contribution in [1.29, 1.82) is 0 Å². The van der Waals surface area contributed by atoms with Gasteiger partial charge in [-0.2, -0.15) is 0 Å². The topological polar surface area (TPSA) is 49.9 Å². The maximum atomic E-state index is 12.7. The van der Waals surface area contributed by atoms with Gasteiger partial charge in [0.25, 0.3) is 5.91 Å². The smallest absolute Gasteiger partial charge is 0.262 e. The molecule has 0 bridgehead atoms. The van der Waals surface area contributed by atoms with Crippen LogP contribution in [0.5, 0.6) is 0 Å². The van der Waals surface area contributed by atoms with Gasteiger partial charge in [-0.05, 0) is 40.3 Å². The Morgan fingerprint density at radius 2 is 1.56 bits per heavy atom. The average molecular weight is 446 g/mol. The molecule has 25 heavy (non-hydrogen) atoms. The van der Waals surface area contributed by atoms with Gasteiger partial charge in [-0.15, -0.1) is 0 Å². The minimum absolute atomic E-state index is 0.228. The van der Waals surface area contributed by atoms with Gasteiger partial charge in [-0.3, -0.25) is 19.3 Å². The van der Waals surface area contributed by atoms with Crippen LogP contribution >= 0.6 is 22.6 Å². The van der Waals surface area contributed by atoms with E-state index in [1.807, 2.05) is 60.7 Å². The Balaban J connectivity index is 1.89. The van der Waals surface area contributed by atoms with Gasteiger partial charge in [0.05, 0.1) is 11.4 Å². The van der Waals surface area contributed by atoms with Crippen molar-refractivity contribution < 1.29 is 14.4 Å². The van der Waals surface area contributed by atoms with E-state index in [0.29, 0.717) is 5.70 Å². The second kappa shape index (κ2) is 6.27. The van der Waals surface area contributed by atoms with Crippen LogP contribution in [0.15, 0.2) is 66.4 Å². The molecule has 0 N–H and O–H groups in total. The molecule has 2 aromatic carbocycles. The fourth-order valence-electron chi connectivity index (χ4n) is 3.16. The average Bonchev–Trinajstić information content (AvgIpc) is 3.15. The van der Waals surface area contributed by atoms with E-state index < -0.39 is 12.0 Å². The standard InChI is InChI=1S/C19H15IN2O3/c1-21-18(23)14-16(15(20)12-8-4-2-5-9-12)22(25-17(14)19(21)24)13-10-6-3-7-11-13/h2-11,14,17H,1H3/b16-15-/t14-,17+/m0/s1. The molecule has 5 nitrogen and oxygen atoms in total. The van der Waals surface area contributed by atoms with Gasteiger partial charge < -0.3 is 0 Å². The van der Waals surface area contributed by atoms with Crippen LogP contribution in [0.25, 0.3) is 3.58 Å². The minimum Gasteiger partial charge on any atom is -0.283 e. The SMILES string of the molecule is CN1C(=O)[C@@H]2ON(c3ccccc3)/C(=C(\I)c3ccccc3)[C@@H]2C1=O. The van der Waals surface area contributed by atoms with Crippen molar-refractivity contribution in [2.45, 2.75) is 6.10 Å². The van der Waals surface area contributed by atoms with Crippen molar-refractivity contribution in [3.05, 3.63) is 71.9 Å². The second-order valence-corrected chi connectivity index (χ2v) is 7.01. The van der Waals surface area contributed by atoms with Crippen molar-refractivity contribution in [2.24, 2.45) is 5.92 Å². The number of amides is 2. The van der Waals surface area contributed by atoms with Crippen LogP contribution in [0.3, 0.4) is 0 Å². The molecule has 2 saturated heterocycles. The Morgan fingerprint density at radius 3 is 2.20 bits per heavy atom. The Morgan fingerprint density at radius 1 is 0.960 bits per heavy atom. The summed E-state index contributed by atoms with van der Waals surface area (Å²) in [6.45, 7) is 0. The number of anilines is 1. The monoisotopic (exact) mass is 446 g/mol. The lowest BCUT2D eigenvalue weighted by molar-refractivity contribution is -0.140. The summed E-state index contributed by atoms with van der Waals surface area (Å²) in [6.07, 6.45) is -0.804. The first-order valence-corrected chi connectivity index (χ1v) is 8.96. The van der Waals surface area contributed by atoms with E-state index in [0.717, 1.165) is 19.7 Å². The van der Waals surface area contributed by atoms with Gasteiger partial charge in [0.15, 0.2) is 6.10 Å². The lowest BCUT2D eigenvalue weighted by Crippen LogP contribution is -2.32. The summed E-state index contributed by atoms with van der Waals surface area (Å²) in [5.41, 5.74) is 2.49. The number of halogens is 1. The molecule has 0 radical (unpaired) electrons. The zero-order valence-corrected chi connectivity index (χ0v) is 15.6. The van der Waals surface area contributed by atoms with E-state index in [1.165, 1.54) is 7.05 Å². The Hall–Kier alpha value is -2.19. The van der Waals surface area contributed by atoms with Crippen LogP contribution in [-0.2, 0) is 14.4 Å². The van der Waals surface area contributed by atoms with Crippen LogP contribution < -0.4 is 5.06 Å². The summed E-state index contributed by atoms with van der Waals surface area (Å²) in [5, 5.41) is 1.63. The number of hydrogen-bond acceptors (Lipinski definition) is 4. The molecule has 2 fully saturated rings. The fraction of sp³-hybridized carbons (Fsp3) is 0.158. The summed E-state index contributed by atoms with van der Waals surface area (Å²) in [4.78, 5) is 32.2. The number of carbonyl (C=O) groups is 2. The number of fused-ring (bicyclic) bond motifs is 1.